The molecule has 4 aliphatic rings. The largest absolute Gasteiger partial charge is 0.387 e. The van der Waals surface area contributed by atoms with E-state index in [-0.39, 0.29) is 49.0 Å². The van der Waals surface area contributed by atoms with Gasteiger partial charge < -0.3 is 25.4 Å². The molecule has 1 spiro atoms. The minimum absolute atomic E-state index is 0.00158. The molecule has 1 saturated heterocycles. The number of ketones is 2. The highest BCUT2D eigenvalue weighted by Crippen LogP contribution is 2.47. The van der Waals surface area contributed by atoms with Gasteiger partial charge in [0.1, 0.15) is 6.04 Å². The number of aromatic amines is 1. The number of H-pyrrole nitrogens is 1. The average molecular weight is 693 g/mol. The lowest BCUT2D eigenvalue weighted by atomic mass is 9.85. The Morgan fingerprint density at radius 2 is 1.96 bits per heavy atom. The molecule has 3 amide bonds. The number of oxime groups is 1. The van der Waals surface area contributed by atoms with Crippen molar-refractivity contribution in [2.75, 3.05) is 6.54 Å². The predicted molar refractivity (Wildman–Crippen MR) is 182 cm³/mol. The highest BCUT2D eigenvalue weighted by Gasteiger charge is 2.56. The van der Waals surface area contributed by atoms with Crippen LogP contribution in [0.1, 0.15) is 96.2 Å². The lowest BCUT2D eigenvalue weighted by molar-refractivity contribution is -0.145. The fourth-order valence-electron chi connectivity index (χ4n) is 7.09. The summed E-state index contributed by atoms with van der Waals surface area (Å²) in [5.74, 6) is -3.32. The molecule has 2 aliphatic heterocycles. The maximum Gasteiger partial charge on any atom is 0.287 e. The zero-order valence-corrected chi connectivity index (χ0v) is 29.2. The van der Waals surface area contributed by atoms with E-state index in [0.29, 0.717) is 36.4 Å². The third-order valence-electron chi connectivity index (χ3n) is 10.1. The monoisotopic (exact) mass is 692 g/mol. The number of nitrogens with zero attached hydrogens (tertiary/aromatic N) is 3. The number of halogens is 1. The molecule has 2 saturated carbocycles. The van der Waals surface area contributed by atoms with E-state index in [0.717, 1.165) is 24.1 Å². The van der Waals surface area contributed by atoms with Gasteiger partial charge in [-0.15, -0.1) is 0 Å². The van der Waals surface area contributed by atoms with Crippen LogP contribution in [-0.2, 0) is 28.8 Å². The number of Topliss-reactive ketones (excluding diaryl/α,β-unsaturated/α-hetero) is 2. The second-order valence-electron chi connectivity index (χ2n) is 15.2. The molecular weight excluding hydrogens is 648 g/mol. The Balaban J connectivity index is 1.24. The van der Waals surface area contributed by atoms with Gasteiger partial charge in [0.25, 0.3) is 5.91 Å². The van der Waals surface area contributed by atoms with Crippen molar-refractivity contribution in [1.29, 1.82) is 0 Å². The highest BCUT2D eigenvalue weighted by molar-refractivity contribution is 6.37. The number of benzene rings is 1. The third-order valence-corrected chi connectivity index (χ3v) is 10.3. The molecule has 6 atom stereocenters. The summed E-state index contributed by atoms with van der Waals surface area (Å²) in [6.07, 6.45) is 6.89. The molecule has 2 aromatic rings. The van der Waals surface area contributed by atoms with Crippen molar-refractivity contribution in [3.63, 3.8) is 0 Å². The first-order valence-electron chi connectivity index (χ1n) is 17.3. The number of carbonyl (C=O) groups is 5. The van der Waals surface area contributed by atoms with E-state index < -0.39 is 46.6 Å². The third kappa shape index (κ3) is 7.74. The highest BCUT2D eigenvalue weighted by atomic mass is 35.5. The summed E-state index contributed by atoms with van der Waals surface area (Å²) >= 11 is 6.25. The first-order valence-corrected chi connectivity index (χ1v) is 17.6. The summed E-state index contributed by atoms with van der Waals surface area (Å²) in [5, 5.41) is 10.7. The number of likely N-dealkylation sites (tertiary alicyclic amines) is 1. The molecule has 1 aromatic carbocycles. The van der Waals surface area contributed by atoms with Gasteiger partial charge >= 0.3 is 0 Å². The minimum atomic E-state index is -0.990. The molecule has 262 valence electrons. The normalized spacial score (nSPS) is 25.7. The van der Waals surface area contributed by atoms with E-state index in [4.69, 9.17) is 16.4 Å². The molecule has 3 N–H and O–H groups in total. The summed E-state index contributed by atoms with van der Waals surface area (Å²) in [6.45, 7) is 7.58. The van der Waals surface area contributed by atoms with Crippen molar-refractivity contribution in [1.82, 2.24) is 25.5 Å². The average Bonchev–Trinajstić information content (AvgIpc) is 3.89. The van der Waals surface area contributed by atoms with Crippen LogP contribution in [0.25, 0.3) is 0 Å². The quantitative estimate of drug-likeness (QED) is 0.266. The summed E-state index contributed by atoms with van der Waals surface area (Å²) in [5.41, 5.74) is 0.619. The van der Waals surface area contributed by atoms with Crippen molar-refractivity contribution < 1.29 is 28.8 Å². The molecule has 2 aliphatic carbocycles. The van der Waals surface area contributed by atoms with Gasteiger partial charge in [0.2, 0.25) is 17.6 Å². The van der Waals surface area contributed by atoms with Crippen LogP contribution in [0.15, 0.2) is 41.9 Å². The number of hydrogen-bond acceptors (Lipinski definition) is 8. The maximum atomic E-state index is 14.6. The molecule has 13 heteroatoms. The van der Waals surface area contributed by atoms with Gasteiger partial charge in [0.15, 0.2) is 11.4 Å². The Morgan fingerprint density at radius 3 is 2.61 bits per heavy atom. The summed E-state index contributed by atoms with van der Waals surface area (Å²) < 4.78 is 0. The number of aromatic nitrogens is 2. The van der Waals surface area contributed by atoms with Crippen molar-refractivity contribution in [3.8, 4) is 0 Å². The molecule has 0 radical (unpaired) electrons. The Kier molecular flexibility index (Phi) is 9.72. The standard InChI is InChI=1S/C36H45ClN6O6/c1-5-7-21(30(45)33(47)40-23-10-11-23)13-29(44)28-16-36(15-26(42-49-36)20-8-6-9-22(37)12-20)18-43(28)34(48)31(35(2,3)4)41-32(46)25-14-24(25)27-17-38-19-39-27/h6,8-9,12,17,19,21,23-25,28,31H,5,7,10-11,13-16,18H2,1-4H3,(H,38,39)(H,40,47)(H,41,46)/t21-,24?,25+,28+,31-,36-/m1/s1. The zero-order chi connectivity index (χ0) is 35.1. The van der Waals surface area contributed by atoms with Crippen LogP contribution in [-0.4, -0.2) is 80.1 Å². The SMILES string of the molecule is CCC[C@H](CC(=O)[C@@H]1C[C@]2(CC(c3cccc(Cl)c3)=NO2)CN1C(=O)[C@@H](NC(=O)[C@H]1CC1c1cnc[nH]1)C(C)(C)C)C(=O)C(=O)NC1CC1. The van der Waals surface area contributed by atoms with Crippen LogP contribution in [0.4, 0.5) is 0 Å². The maximum absolute atomic E-state index is 14.6. The van der Waals surface area contributed by atoms with Crippen LogP contribution < -0.4 is 10.6 Å². The number of amides is 3. The van der Waals surface area contributed by atoms with E-state index in [9.17, 15) is 24.0 Å². The summed E-state index contributed by atoms with van der Waals surface area (Å²) in [7, 11) is 0. The molecule has 1 aromatic heterocycles. The molecular formula is C36H45ClN6O6. The Bertz CT molecular complexity index is 1650. The summed E-state index contributed by atoms with van der Waals surface area (Å²) in [4.78, 5) is 83.0. The van der Waals surface area contributed by atoms with Crippen LogP contribution in [0, 0.1) is 17.3 Å². The lowest BCUT2D eigenvalue weighted by Crippen LogP contribution is -2.57. The van der Waals surface area contributed by atoms with Crippen molar-refractivity contribution >= 4 is 46.6 Å². The Morgan fingerprint density at radius 1 is 1.18 bits per heavy atom. The van der Waals surface area contributed by atoms with E-state index >= 15 is 0 Å². The smallest absolute Gasteiger partial charge is 0.287 e. The van der Waals surface area contributed by atoms with E-state index in [2.05, 4.69) is 25.8 Å². The number of nitrogens with one attached hydrogen (secondary N) is 3. The van der Waals surface area contributed by atoms with Crippen LogP contribution in [0.2, 0.25) is 5.02 Å². The second kappa shape index (κ2) is 13.7. The van der Waals surface area contributed by atoms with Gasteiger partial charge in [0, 0.05) is 65.5 Å². The number of imidazole rings is 1. The van der Waals surface area contributed by atoms with Crippen molar-refractivity contribution in [2.24, 2.45) is 22.4 Å². The molecule has 6 rings (SSSR count). The fourth-order valence-corrected chi connectivity index (χ4v) is 7.28. The Labute approximate surface area is 291 Å². The van der Waals surface area contributed by atoms with Gasteiger partial charge in [-0.3, -0.25) is 24.0 Å². The van der Waals surface area contributed by atoms with Gasteiger partial charge in [-0.05, 0) is 43.2 Å². The van der Waals surface area contributed by atoms with E-state index in [1.807, 2.05) is 39.8 Å². The van der Waals surface area contributed by atoms with Crippen LogP contribution in [0.5, 0.6) is 0 Å². The number of rotatable bonds is 13. The fraction of sp³-hybridized carbons (Fsp3) is 0.583. The summed E-state index contributed by atoms with van der Waals surface area (Å²) in [6, 6.07) is 5.37. The van der Waals surface area contributed by atoms with E-state index in [1.54, 1.807) is 24.7 Å². The van der Waals surface area contributed by atoms with Crippen LogP contribution in [0.3, 0.4) is 0 Å². The number of hydrogen-bond donors (Lipinski definition) is 3. The molecule has 0 bridgehead atoms. The molecule has 3 heterocycles. The first kappa shape index (κ1) is 34.8. The van der Waals surface area contributed by atoms with Crippen LogP contribution >= 0.6 is 11.6 Å². The van der Waals surface area contributed by atoms with E-state index in [1.165, 1.54) is 4.90 Å². The second-order valence-corrected chi connectivity index (χ2v) is 15.7. The Hall–Kier alpha value is -4.06. The molecule has 12 nitrogen and oxygen atoms in total. The lowest BCUT2D eigenvalue weighted by Gasteiger charge is -2.35. The van der Waals surface area contributed by atoms with Gasteiger partial charge in [-0.2, -0.15) is 0 Å². The van der Waals surface area contributed by atoms with Gasteiger partial charge in [0.05, 0.1) is 24.6 Å². The molecule has 1 unspecified atom stereocenters. The van der Waals surface area contributed by atoms with Gasteiger partial charge in [-0.25, -0.2) is 4.98 Å². The van der Waals surface area contributed by atoms with Gasteiger partial charge in [-0.1, -0.05) is 63.0 Å². The minimum Gasteiger partial charge on any atom is -0.387 e. The van der Waals surface area contributed by atoms with Crippen molar-refractivity contribution in [2.45, 2.75) is 109 Å². The number of carbonyl (C=O) groups excluding carboxylic acids is 5. The molecule has 49 heavy (non-hydrogen) atoms. The zero-order valence-electron chi connectivity index (χ0n) is 28.5. The predicted octanol–water partition coefficient (Wildman–Crippen LogP) is 4.09. The van der Waals surface area contributed by atoms with Crippen molar-refractivity contribution in [3.05, 3.63) is 53.1 Å². The first-order chi connectivity index (χ1) is 23.3. The molecule has 3 fully saturated rings. The topological polar surface area (TPSA) is 163 Å².